The van der Waals surface area contributed by atoms with Gasteiger partial charge in [0.25, 0.3) is 0 Å². The second-order valence-corrected chi connectivity index (χ2v) is 13.0. The molecule has 0 fully saturated rings. The molecule has 0 N–H and O–H groups in total. The monoisotopic (exact) mass is 631 g/mol. The average Bonchev–Trinajstić information content (AvgIpc) is 3.72. The Kier molecular flexibility index (Phi) is 6.01. The zero-order valence-electron chi connectivity index (χ0n) is 25.6. The molecule has 10 aromatic rings. The number of fused-ring (bicyclic) bond motifs is 7. The van der Waals surface area contributed by atoms with Gasteiger partial charge in [0, 0.05) is 53.2 Å². The molecule has 0 amide bonds. The summed E-state index contributed by atoms with van der Waals surface area (Å²) in [5.74, 6) is 1.86. The zero-order valence-corrected chi connectivity index (χ0v) is 26.4. The van der Waals surface area contributed by atoms with Gasteiger partial charge in [-0.25, -0.2) is 15.0 Å². The molecular weight excluding hydrogens is 607 g/mol. The van der Waals surface area contributed by atoms with E-state index in [0.29, 0.717) is 17.5 Å². The van der Waals surface area contributed by atoms with Gasteiger partial charge in [0.1, 0.15) is 11.2 Å². The van der Waals surface area contributed by atoms with Crippen molar-refractivity contribution in [3.63, 3.8) is 0 Å². The number of aromatic nitrogens is 3. The second-order valence-electron chi connectivity index (χ2n) is 12.0. The van der Waals surface area contributed by atoms with Crippen LogP contribution in [0.25, 0.3) is 98.2 Å². The fourth-order valence-corrected chi connectivity index (χ4v) is 8.12. The van der Waals surface area contributed by atoms with E-state index in [4.69, 9.17) is 19.4 Å². The Labute approximate surface area is 279 Å². The molecule has 7 aromatic carbocycles. The Morgan fingerprint density at radius 1 is 0.438 bits per heavy atom. The largest absolute Gasteiger partial charge is 0.456 e. The van der Waals surface area contributed by atoms with E-state index in [1.165, 1.54) is 20.2 Å². The molecular formula is C43H25N3OS. The van der Waals surface area contributed by atoms with Crippen molar-refractivity contribution in [2.45, 2.75) is 0 Å². The van der Waals surface area contributed by atoms with Crippen molar-refractivity contribution >= 4 is 64.2 Å². The van der Waals surface area contributed by atoms with E-state index in [1.807, 2.05) is 72.0 Å². The van der Waals surface area contributed by atoms with Crippen molar-refractivity contribution in [1.82, 2.24) is 15.0 Å². The molecule has 224 valence electrons. The predicted octanol–water partition coefficient (Wildman–Crippen LogP) is 12.0. The SMILES string of the molecule is c1ccc(-c2nc(-c3ccccc3)nc(-c3c(-c4cccc5c4sc4ccccc45)ccc4oc5cc6ccccc6cc5c34)n2)cc1. The van der Waals surface area contributed by atoms with E-state index in [9.17, 15) is 0 Å². The molecule has 0 unspecified atom stereocenters. The molecule has 0 spiro atoms. The van der Waals surface area contributed by atoms with E-state index in [2.05, 4.69) is 91.0 Å². The van der Waals surface area contributed by atoms with E-state index in [1.54, 1.807) is 0 Å². The molecule has 0 aliphatic heterocycles. The van der Waals surface area contributed by atoms with Crippen LogP contribution in [-0.2, 0) is 0 Å². The van der Waals surface area contributed by atoms with Crippen LogP contribution in [0.4, 0.5) is 0 Å². The van der Waals surface area contributed by atoms with Crippen molar-refractivity contribution in [2.24, 2.45) is 0 Å². The minimum absolute atomic E-state index is 0.609. The van der Waals surface area contributed by atoms with Crippen molar-refractivity contribution in [3.8, 4) is 45.3 Å². The van der Waals surface area contributed by atoms with Crippen LogP contribution in [0.2, 0.25) is 0 Å². The van der Waals surface area contributed by atoms with Gasteiger partial charge < -0.3 is 4.42 Å². The van der Waals surface area contributed by atoms with Crippen LogP contribution in [0.3, 0.4) is 0 Å². The molecule has 0 radical (unpaired) electrons. The smallest absolute Gasteiger partial charge is 0.165 e. The predicted molar refractivity (Wildman–Crippen MR) is 199 cm³/mol. The first-order valence-electron chi connectivity index (χ1n) is 15.9. The summed E-state index contributed by atoms with van der Waals surface area (Å²) in [6.07, 6.45) is 0. The van der Waals surface area contributed by atoms with Gasteiger partial charge in [-0.3, -0.25) is 0 Å². The lowest BCUT2D eigenvalue weighted by Gasteiger charge is -2.14. The van der Waals surface area contributed by atoms with E-state index >= 15 is 0 Å². The summed E-state index contributed by atoms with van der Waals surface area (Å²) in [7, 11) is 0. The first kappa shape index (κ1) is 27.0. The van der Waals surface area contributed by atoms with E-state index in [0.717, 1.165) is 60.5 Å². The summed E-state index contributed by atoms with van der Waals surface area (Å²) < 4.78 is 9.11. The maximum atomic E-state index is 6.61. The third-order valence-electron chi connectivity index (χ3n) is 9.12. The quantitative estimate of drug-likeness (QED) is 0.194. The average molecular weight is 632 g/mol. The molecule has 0 saturated heterocycles. The highest BCUT2D eigenvalue weighted by molar-refractivity contribution is 7.26. The van der Waals surface area contributed by atoms with E-state index in [-0.39, 0.29) is 0 Å². The van der Waals surface area contributed by atoms with Gasteiger partial charge in [0.05, 0.1) is 0 Å². The van der Waals surface area contributed by atoms with Crippen molar-refractivity contribution in [1.29, 1.82) is 0 Å². The number of thiophene rings is 1. The van der Waals surface area contributed by atoms with Gasteiger partial charge in [0.15, 0.2) is 17.5 Å². The van der Waals surface area contributed by atoms with Gasteiger partial charge in [-0.1, -0.05) is 121 Å². The van der Waals surface area contributed by atoms with Gasteiger partial charge in [-0.2, -0.15) is 0 Å². The lowest BCUT2D eigenvalue weighted by molar-refractivity contribution is 0.669. The number of hydrogen-bond acceptors (Lipinski definition) is 5. The number of hydrogen-bond donors (Lipinski definition) is 0. The fraction of sp³-hybridized carbons (Fsp3) is 0. The maximum Gasteiger partial charge on any atom is 0.165 e. The molecule has 3 heterocycles. The third kappa shape index (κ3) is 4.25. The molecule has 0 atom stereocenters. The Morgan fingerprint density at radius 2 is 1.06 bits per heavy atom. The molecule has 10 rings (SSSR count). The highest BCUT2D eigenvalue weighted by Gasteiger charge is 2.24. The standard InChI is InChI=1S/C43H25N3OS/c1-3-12-26(13-4-1)41-44-42(27-14-5-2-6-15-27)46-43(45-41)39-31(33-20-11-19-32-30-18-9-10-21-37(30)48-40(32)33)22-23-35-38(39)34-24-28-16-7-8-17-29(28)25-36(34)47-35/h1-25H. The summed E-state index contributed by atoms with van der Waals surface area (Å²) in [6, 6.07) is 52.6. The van der Waals surface area contributed by atoms with Crippen LogP contribution in [0.5, 0.6) is 0 Å². The summed E-state index contributed by atoms with van der Waals surface area (Å²) in [4.78, 5) is 15.5. The van der Waals surface area contributed by atoms with Crippen molar-refractivity contribution in [3.05, 3.63) is 152 Å². The Hall–Kier alpha value is -6.17. The molecule has 4 nitrogen and oxygen atoms in total. The lowest BCUT2D eigenvalue weighted by Crippen LogP contribution is -2.01. The minimum Gasteiger partial charge on any atom is -0.456 e. The molecule has 0 bridgehead atoms. The Balaban J connectivity index is 1.36. The third-order valence-corrected chi connectivity index (χ3v) is 10.3. The van der Waals surface area contributed by atoms with Crippen LogP contribution < -0.4 is 0 Å². The number of benzene rings is 7. The minimum atomic E-state index is 0.609. The molecule has 5 heteroatoms. The van der Waals surface area contributed by atoms with Crippen LogP contribution in [0, 0.1) is 0 Å². The van der Waals surface area contributed by atoms with Gasteiger partial charge >= 0.3 is 0 Å². The zero-order chi connectivity index (χ0) is 31.6. The van der Waals surface area contributed by atoms with Crippen LogP contribution in [0.15, 0.2) is 156 Å². The Morgan fingerprint density at radius 3 is 1.81 bits per heavy atom. The summed E-state index contributed by atoms with van der Waals surface area (Å²) >= 11 is 1.82. The number of nitrogens with zero attached hydrogens (tertiary/aromatic N) is 3. The molecule has 0 aliphatic rings. The maximum absolute atomic E-state index is 6.61. The molecule has 0 saturated carbocycles. The second kappa shape index (κ2) is 10.7. The molecule has 48 heavy (non-hydrogen) atoms. The number of rotatable bonds is 4. The number of furan rings is 1. The topological polar surface area (TPSA) is 51.8 Å². The summed E-state index contributed by atoms with van der Waals surface area (Å²) in [5, 5.41) is 6.83. The van der Waals surface area contributed by atoms with E-state index < -0.39 is 0 Å². The van der Waals surface area contributed by atoms with Crippen molar-refractivity contribution in [2.75, 3.05) is 0 Å². The van der Waals surface area contributed by atoms with Gasteiger partial charge in [-0.05, 0) is 46.7 Å². The highest BCUT2D eigenvalue weighted by atomic mass is 32.1. The van der Waals surface area contributed by atoms with Crippen LogP contribution in [0.1, 0.15) is 0 Å². The first-order chi connectivity index (χ1) is 23.8. The van der Waals surface area contributed by atoms with Gasteiger partial charge in [0.2, 0.25) is 0 Å². The summed E-state index contributed by atoms with van der Waals surface area (Å²) in [5.41, 5.74) is 6.63. The normalized spacial score (nSPS) is 11.8. The molecule has 3 aromatic heterocycles. The Bertz CT molecular complexity index is 2780. The fourth-order valence-electron chi connectivity index (χ4n) is 6.89. The summed E-state index contributed by atoms with van der Waals surface area (Å²) in [6.45, 7) is 0. The first-order valence-corrected chi connectivity index (χ1v) is 16.8. The lowest BCUT2D eigenvalue weighted by atomic mass is 9.93. The van der Waals surface area contributed by atoms with Crippen LogP contribution >= 0.6 is 11.3 Å². The van der Waals surface area contributed by atoms with Crippen molar-refractivity contribution < 1.29 is 4.42 Å². The van der Waals surface area contributed by atoms with Crippen LogP contribution in [-0.4, -0.2) is 15.0 Å². The van der Waals surface area contributed by atoms with Gasteiger partial charge in [-0.15, -0.1) is 11.3 Å². The highest BCUT2D eigenvalue weighted by Crippen LogP contribution is 2.47. The molecule has 0 aliphatic carbocycles.